The number of hydrogen-bond donors (Lipinski definition) is 3. The lowest BCUT2D eigenvalue weighted by atomic mass is 9.93. The zero-order valence-corrected chi connectivity index (χ0v) is 19.0. The Balaban J connectivity index is 1.73. The summed E-state index contributed by atoms with van der Waals surface area (Å²) in [5.41, 5.74) is -1.72. The number of anilines is 2. The number of nitrogens with one attached hydrogen (secondary N) is 2. The van der Waals surface area contributed by atoms with E-state index in [9.17, 15) is 19.1 Å². The van der Waals surface area contributed by atoms with Gasteiger partial charge in [-0.2, -0.15) is 0 Å². The number of aliphatic hydroxyl groups is 1. The number of halogens is 3. The van der Waals surface area contributed by atoms with Gasteiger partial charge in [0.05, 0.1) is 22.6 Å². The number of aromatic nitrogens is 2. The monoisotopic (exact) mass is 528 g/mol. The summed E-state index contributed by atoms with van der Waals surface area (Å²) in [4.78, 5) is 32.6. The minimum Gasteiger partial charge on any atom is -0.453 e. The number of imidazole rings is 1. The molecule has 4 aromatic rings. The average molecular weight is 529 g/mol. The maximum atomic E-state index is 15.1. The fourth-order valence-electron chi connectivity index (χ4n) is 4.06. The molecule has 0 aliphatic carbocycles. The molecule has 0 saturated heterocycles. The van der Waals surface area contributed by atoms with E-state index in [1.54, 1.807) is 18.2 Å². The number of fused-ring (bicyclic) bond motifs is 2. The molecule has 0 bridgehead atoms. The molecule has 2 heterocycles. The van der Waals surface area contributed by atoms with Crippen LogP contribution in [0.2, 0.25) is 0 Å². The van der Waals surface area contributed by atoms with Gasteiger partial charge in [-0.15, -0.1) is 0 Å². The first kappa shape index (κ1) is 22.0. The second-order valence-corrected chi connectivity index (χ2v) is 8.34. The van der Waals surface area contributed by atoms with Gasteiger partial charge in [-0.1, -0.05) is 24.3 Å². The van der Waals surface area contributed by atoms with Crippen molar-refractivity contribution in [3.8, 4) is 0 Å². The molecule has 1 aliphatic rings. The normalized spacial score (nSPS) is 17.2. The molecule has 0 radical (unpaired) electrons. The Kier molecular flexibility index (Phi) is 5.10. The van der Waals surface area contributed by atoms with E-state index in [1.165, 1.54) is 37.4 Å². The van der Waals surface area contributed by atoms with E-state index in [4.69, 9.17) is 0 Å². The standard InChI is InChI=1S/C23H15BrF2N4O4/c1-34-22(32)29-21-27-16-9-6-11(10-17(16)28-21)23(33)13-5-3-2-4-12(13)20(31)30(23)19-15(25)8-7-14(24)18(19)26/h2-10,33H,1H3,(H2,27,28,29,32). The van der Waals surface area contributed by atoms with Crippen molar-refractivity contribution in [2.24, 2.45) is 0 Å². The first-order valence-corrected chi connectivity index (χ1v) is 10.7. The number of methoxy groups -OCH3 is 1. The summed E-state index contributed by atoms with van der Waals surface area (Å²) in [6.45, 7) is 0. The molecule has 1 atom stereocenters. The lowest BCUT2D eigenvalue weighted by molar-refractivity contribution is 0.0693. The molecule has 5 rings (SSSR count). The van der Waals surface area contributed by atoms with Crippen molar-refractivity contribution in [1.29, 1.82) is 0 Å². The van der Waals surface area contributed by atoms with Crippen LogP contribution < -0.4 is 10.2 Å². The first-order chi connectivity index (χ1) is 16.3. The molecule has 11 heteroatoms. The number of carbonyl (C=O) groups is 2. The van der Waals surface area contributed by atoms with Gasteiger partial charge in [0, 0.05) is 16.7 Å². The summed E-state index contributed by atoms with van der Waals surface area (Å²) >= 11 is 3.02. The number of H-pyrrole nitrogens is 1. The molecule has 0 saturated carbocycles. The minimum absolute atomic E-state index is 0.0717. The number of rotatable bonds is 3. The van der Waals surface area contributed by atoms with Crippen LogP contribution >= 0.6 is 15.9 Å². The van der Waals surface area contributed by atoms with Crippen molar-refractivity contribution in [2.45, 2.75) is 5.72 Å². The van der Waals surface area contributed by atoms with Crippen molar-refractivity contribution >= 4 is 50.6 Å². The van der Waals surface area contributed by atoms with Crippen LogP contribution in [-0.2, 0) is 10.5 Å². The molecule has 3 N–H and O–H groups in total. The molecule has 3 aromatic carbocycles. The number of aromatic amines is 1. The van der Waals surface area contributed by atoms with Gasteiger partial charge in [0.1, 0.15) is 11.5 Å². The van der Waals surface area contributed by atoms with Crippen LogP contribution in [0.5, 0.6) is 0 Å². The van der Waals surface area contributed by atoms with E-state index in [0.29, 0.717) is 15.9 Å². The summed E-state index contributed by atoms with van der Waals surface area (Å²) in [6, 6.07) is 12.9. The zero-order valence-electron chi connectivity index (χ0n) is 17.4. The third kappa shape index (κ3) is 3.16. The van der Waals surface area contributed by atoms with Crippen molar-refractivity contribution in [3.63, 3.8) is 0 Å². The van der Waals surface area contributed by atoms with E-state index in [0.717, 1.165) is 6.07 Å². The Morgan fingerprint density at radius 1 is 1.21 bits per heavy atom. The van der Waals surface area contributed by atoms with Crippen molar-refractivity contribution in [2.75, 3.05) is 17.3 Å². The molecule has 2 amide bonds. The van der Waals surface area contributed by atoms with Crippen LogP contribution in [0.3, 0.4) is 0 Å². The van der Waals surface area contributed by atoms with Gasteiger partial charge in [0.15, 0.2) is 11.5 Å². The molecular formula is C23H15BrF2N4O4. The average Bonchev–Trinajstić information content (AvgIpc) is 3.33. The lowest BCUT2D eigenvalue weighted by Gasteiger charge is -2.35. The predicted molar refractivity (Wildman–Crippen MR) is 122 cm³/mol. The van der Waals surface area contributed by atoms with Crippen molar-refractivity contribution < 1.29 is 28.2 Å². The largest absolute Gasteiger partial charge is 0.453 e. The molecular weight excluding hydrogens is 514 g/mol. The number of benzene rings is 3. The molecule has 34 heavy (non-hydrogen) atoms. The SMILES string of the molecule is COC(=O)Nc1nc2ccc(C3(O)c4ccccc4C(=O)N3c3c(F)ccc(Br)c3F)cc2[nH]1. The third-order valence-electron chi connectivity index (χ3n) is 5.59. The fraction of sp³-hybridized carbons (Fsp3) is 0.0870. The number of hydrogen-bond acceptors (Lipinski definition) is 5. The summed E-state index contributed by atoms with van der Waals surface area (Å²) in [7, 11) is 1.20. The highest BCUT2D eigenvalue weighted by molar-refractivity contribution is 9.10. The fourth-order valence-corrected chi connectivity index (χ4v) is 4.38. The summed E-state index contributed by atoms with van der Waals surface area (Å²) in [5.74, 6) is -2.74. The van der Waals surface area contributed by atoms with Gasteiger partial charge in [0.2, 0.25) is 5.95 Å². The van der Waals surface area contributed by atoms with Crippen LogP contribution in [0.25, 0.3) is 11.0 Å². The quantitative estimate of drug-likeness (QED) is 0.336. The highest BCUT2D eigenvalue weighted by atomic mass is 79.9. The Labute approximate surface area is 199 Å². The smallest absolute Gasteiger partial charge is 0.413 e. The molecule has 0 fully saturated rings. The Morgan fingerprint density at radius 3 is 2.74 bits per heavy atom. The first-order valence-electron chi connectivity index (χ1n) is 9.91. The summed E-state index contributed by atoms with van der Waals surface area (Å²) in [6.07, 6.45) is -0.736. The maximum Gasteiger partial charge on any atom is 0.413 e. The molecule has 172 valence electrons. The van der Waals surface area contributed by atoms with Crippen LogP contribution in [-0.4, -0.2) is 34.2 Å². The summed E-state index contributed by atoms with van der Waals surface area (Å²) < 4.78 is 34.5. The number of nitrogens with zero attached hydrogens (tertiary/aromatic N) is 2. The maximum absolute atomic E-state index is 15.1. The second-order valence-electron chi connectivity index (χ2n) is 7.48. The van der Waals surface area contributed by atoms with Gasteiger partial charge >= 0.3 is 6.09 Å². The second kappa shape index (κ2) is 7.89. The molecule has 1 aromatic heterocycles. The van der Waals surface area contributed by atoms with Crippen molar-refractivity contribution in [1.82, 2.24) is 9.97 Å². The topological polar surface area (TPSA) is 108 Å². The minimum atomic E-state index is -2.24. The van der Waals surface area contributed by atoms with E-state index in [2.05, 4.69) is 36.0 Å². The predicted octanol–water partition coefficient (Wildman–Crippen LogP) is 4.64. The Morgan fingerprint density at radius 2 is 1.97 bits per heavy atom. The van der Waals surface area contributed by atoms with Gasteiger partial charge < -0.3 is 14.8 Å². The Bertz CT molecular complexity index is 1490. The van der Waals surface area contributed by atoms with Crippen molar-refractivity contribution in [3.05, 3.63) is 87.4 Å². The summed E-state index contributed by atoms with van der Waals surface area (Å²) in [5, 5.41) is 14.4. The van der Waals surface area contributed by atoms with E-state index < -0.39 is 35.0 Å². The van der Waals surface area contributed by atoms with Crippen LogP contribution in [0.4, 0.5) is 25.2 Å². The highest BCUT2D eigenvalue weighted by Gasteiger charge is 2.52. The van der Waals surface area contributed by atoms with Crippen LogP contribution in [0, 0.1) is 11.6 Å². The van der Waals surface area contributed by atoms with E-state index >= 15 is 4.39 Å². The highest BCUT2D eigenvalue weighted by Crippen LogP contribution is 2.47. The van der Waals surface area contributed by atoms with Crippen LogP contribution in [0.15, 0.2) is 59.1 Å². The third-order valence-corrected chi connectivity index (χ3v) is 6.21. The van der Waals surface area contributed by atoms with Gasteiger partial charge in [-0.05, 0) is 46.3 Å². The lowest BCUT2D eigenvalue weighted by Crippen LogP contribution is -2.46. The number of amides is 2. The van der Waals surface area contributed by atoms with E-state index in [-0.39, 0.29) is 27.1 Å². The van der Waals surface area contributed by atoms with Gasteiger partial charge in [0.25, 0.3) is 5.91 Å². The molecule has 8 nitrogen and oxygen atoms in total. The number of carbonyl (C=O) groups excluding carboxylic acids is 2. The number of ether oxygens (including phenoxy) is 1. The van der Waals surface area contributed by atoms with Gasteiger partial charge in [-0.25, -0.2) is 18.6 Å². The van der Waals surface area contributed by atoms with Crippen LogP contribution in [0.1, 0.15) is 21.5 Å². The zero-order chi connectivity index (χ0) is 24.2. The Hall–Kier alpha value is -3.83. The molecule has 1 unspecified atom stereocenters. The molecule has 1 aliphatic heterocycles. The molecule has 0 spiro atoms. The van der Waals surface area contributed by atoms with Gasteiger partial charge in [-0.3, -0.25) is 15.0 Å². The van der Waals surface area contributed by atoms with E-state index in [1.807, 2.05) is 0 Å².